The van der Waals surface area contributed by atoms with E-state index in [1.54, 1.807) is 24.3 Å². The molecule has 27 heavy (non-hydrogen) atoms. The monoisotopic (exact) mass is 444 g/mol. The van der Waals surface area contributed by atoms with E-state index in [1.165, 1.54) is 12.1 Å². The third-order valence-electron chi connectivity index (χ3n) is 3.67. The molecule has 0 aliphatic carbocycles. The van der Waals surface area contributed by atoms with Gasteiger partial charge in [-0.2, -0.15) is 25.3 Å². The molecule has 9 nitrogen and oxygen atoms in total. The topological polar surface area (TPSA) is 163 Å². The Bertz CT molecular complexity index is 1400. The second-order valence-corrected chi connectivity index (χ2v) is 9.49. The third kappa shape index (κ3) is 4.09. The molecule has 3 aromatic rings. The van der Waals surface area contributed by atoms with Crippen LogP contribution >= 0.6 is 0 Å². The van der Waals surface area contributed by atoms with Crippen molar-refractivity contribution in [3.8, 4) is 0 Å². The largest absolute Gasteiger partial charge is 2.00 e. The molecule has 0 saturated carbocycles. The molecule has 0 atom stereocenters. The number of benzene rings is 3. The zero-order valence-corrected chi connectivity index (χ0v) is 17.1. The molecule has 0 aliphatic heterocycles. The smallest absolute Gasteiger partial charge is 1.00 e. The summed E-state index contributed by atoms with van der Waals surface area (Å²) in [5, 5.41) is 0.593. The van der Waals surface area contributed by atoms with Crippen LogP contribution in [-0.2, 0) is 30.4 Å². The van der Waals surface area contributed by atoms with Crippen LogP contribution in [0.15, 0.2) is 57.2 Å². The minimum absolute atomic E-state index is 0. The summed E-state index contributed by atoms with van der Waals surface area (Å²) in [4.78, 5) is -4.32. The maximum absolute atomic E-state index is 11.8. The van der Waals surface area contributed by atoms with Crippen molar-refractivity contribution >= 4 is 75.0 Å². The summed E-state index contributed by atoms with van der Waals surface area (Å²) in [6.45, 7) is 0. The summed E-state index contributed by atoms with van der Waals surface area (Å²) in [5.74, 6) is 0. The fraction of sp³-hybridized carbons (Fsp3) is 0. The Morgan fingerprint density at radius 3 is 1.56 bits per heavy atom. The molecule has 142 valence electrons. The minimum Gasteiger partial charge on any atom is -1.00 e. The molecule has 3 N–H and O–H groups in total. The Balaban J connectivity index is 0.00000261. The number of rotatable bonds is 3. The van der Waals surface area contributed by atoms with Crippen molar-refractivity contribution in [3.63, 3.8) is 0 Å². The zero-order valence-electron chi connectivity index (χ0n) is 15.3. The quantitative estimate of drug-likeness (QED) is 0.309. The fourth-order valence-electron chi connectivity index (χ4n) is 2.71. The van der Waals surface area contributed by atoms with E-state index >= 15 is 0 Å². The van der Waals surface area contributed by atoms with Gasteiger partial charge < -0.3 is 2.85 Å². The Hall–Kier alpha value is -1.32. The van der Waals surface area contributed by atoms with Gasteiger partial charge in [0.05, 0.1) is 0 Å². The second-order valence-electron chi connectivity index (χ2n) is 5.38. The van der Waals surface area contributed by atoms with Crippen LogP contribution in [-0.4, -0.2) is 62.0 Å². The predicted octanol–water partition coefficient (Wildman–Crippen LogP) is 1.58. The molecule has 3 rings (SSSR count). The molecule has 0 radical (unpaired) electrons. The van der Waals surface area contributed by atoms with Crippen LogP contribution in [0.5, 0.6) is 0 Å². The predicted molar refractivity (Wildman–Crippen MR) is 98.9 cm³/mol. The summed E-state index contributed by atoms with van der Waals surface area (Å²) in [6, 6.07) is 9.76. The molecule has 0 saturated heterocycles. The van der Waals surface area contributed by atoms with Crippen molar-refractivity contribution in [2.24, 2.45) is 0 Å². The normalized spacial score (nSPS) is 12.9. The van der Waals surface area contributed by atoms with Crippen molar-refractivity contribution < 1.29 is 41.8 Å². The average Bonchev–Trinajstić information content (AvgIpc) is 2.48. The van der Waals surface area contributed by atoms with Crippen LogP contribution in [0.3, 0.4) is 0 Å². The molecule has 0 amide bonds. The van der Waals surface area contributed by atoms with E-state index in [1.807, 2.05) is 0 Å². The second kappa shape index (κ2) is 6.93. The van der Waals surface area contributed by atoms with Gasteiger partial charge in [0.2, 0.25) is 0 Å². The fourth-order valence-corrected chi connectivity index (χ4v) is 6.10. The standard InChI is InChI=1S/C14H10O9S3.Mg.2H/c15-24(16,17)12-7-10-5-8-3-1-2-4-9(8)6-11(10)13(25(18,19)20)14(12)26(21,22)23;;;/h1-7H,(H,15,16,17)(H,18,19,20)(H,21,22,23);;;/q;+2;2*-1. The average molecular weight is 445 g/mol. The van der Waals surface area contributed by atoms with E-state index in [4.69, 9.17) is 0 Å². The van der Waals surface area contributed by atoms with Crippen molar-refractivity contribution in [3.05, 3.63) is 42.5 Å². The summed E-state index contributed by atoms with van der Waals surface area (Å²) >= 11 is 0. The summed E-state index contributed by atoms with van der Waals surface area (Å²) in [7, 11) is -16.0. The molecule has 13 heteroatoms. The number of hydrogen-bond donors (Lipinski definition) is 3. The Morgan fingerprint density at radius 2 is 1.11 bits per heavy atom. The Labute approximate surface area is 173 Å². The van der Waals surface area contributed by atoms with Gasteiger partial charge in [0.15, 0.2) is 0 Å². The Morgan fingerprint density at radius 1 is 0.630 bits per heavy atom. The van der Waals surface area contributed by atoms with Gasteiger partial charge >= 0.3 is 23.1 Å². The van der Waals surface area contributed by atoms with E-state index in [-0.39, 0.29) is 36.7 Å². The molecule has 0 unspecified atom stereocenters. The van der Waals surface area contributed by atoms with Crippen LogP contribution < -0.4 is 0 Å². The molecule has 0 spiro atoms. The van der Waals surface area contributed by atoms with Crippen molar-refractivity contribution in [1.29, 1.82) is 0 Å². The molecular formula is C14H12MgO9S3. The number of hydrogen-bond acceptors (Lipinski definition) is 6. The summed E-state index contributed by atoms with van der Waals surface area (Å²) < 4.78 is 98.4. The van der Waals surface area contributed by atoms with Crippen LogP contribution in [0.25, 0.3) is 21.5 Å². The van der Waals surface area contributed by atoms with Gasteiger partial charge in [-0.1, -0.05) is 24.3 Å². The van der Waals surface area contributed by atoms with Gasteiger partial charge in [-0.05, 0) is 34.4 Å². The molecule has 0 fully saturated rings. The first-order valence-corrected chi connectivity index (χ1v) is 11.0. The maximum Gasteiger partial charge on any atom is 2.00 e. The molecule has 0 aromatic heterocycles. The first-order chi connectivity index (χ1) is 11.8. The van der Waals surface area contributed by atoms with Crippen LogP contribution in [0.4, 0.5) is 0 Å². The van der Waals surface area contributed by atoms with Gasteiger partial charge in [-0.3, -0.25) is 13.7 Å². The van der Waals surface area contributed by atoms with E-state index in [9.17, 15) is 38.9 Å². The van der Waals surface area contributed by atoms with E-state index in [2.05, 4.69) is 0 Å². The first kappa shape index (κ1) is 22.0. The molecular weight excluding hydrogens is 433 g/mol. The van der Waals surface area contributed by atoms with Crippen molar-refractivity contribution in [2.75, 3.05) is 0 Å². The van der Waals surface area contributed by atoms with E-state index in [0.717, 1.165) is 0 Å². The minimum atomic E-state index is -5.45. The van der Waals surface area contributed by atoms with Gasteiger partial charge in [-0.25, -0.2) is 0 Å². The van der Waals surface area contributed by atoms with E-state index < -0.39 is 45.0 Å². The molecule has 0 bridgehead atoms. The summed E-state index contributed by atoms with van der Waals surface area (Å²) in [6.07, 6.45) is 0. The van der Waals surface area contributed by atoms with Gasteiger partial charge in [0, 0.05) is 5.39 Å². The van der Waals surface area contributed by atoms with Gasteiger partial charge in [-0.15, -0.1) is 0 Å². The zero-order chi connectivity index (χ0) is 19.5. The molecule has 3 aromatic carbocycles. The van der Waals surface area contributed by atoms with Crippen LogP contribution in [0.1, 0.15) is 2.85 Å². The van der Waals surface area contributed by atoms with E-state index in [0.29, 0.717) is 16.8 Å². The first-order valence-electron chi connectivity index (χ1n) is 6.72. The SMILES string of the molecule is O=S(=O)(O)c1cc2cc3ccccc3cc2c(S(=O)(=O)O)c1S(=O)(=O)O.[H-].[H-].[Mg+2]. The number of fused-ring (bicyclic) bond motifs is 2. The molecule has 0 aliphatic rings. The summed E-state index contributed by atoms with van der Waals surface area (Å²) in [5.41, 5.74) is 0. The Kier molecular flexibility index (Phi) is 5.64. The van der Waals surface area contributed by atoms with Gasteiger partial charge in [0.25, 0.3) is 30.4 Å². The van der Waals surface area contributed by atoms with Crippen molar-refractivity contribution in [2.45, 2.75) is 14.7 Å². The van der Waals surface area contributed by atoms with Crippen LogP contribution in [0.2, 0.25) is 0 Å². The van der Waals surface area contributed by atoms with Crippen molar-refractivity contribution in [1.82, 2.24) is 0 Å². The van der Waals surface area contributed by atoms with Gasteiger partial charge in [0.1, 0.15) is 14.7 Å². The maximum atomic E-state index is 11.8. The third-order valence-corrected chi connectivity index (χ3v) is 6.69. The van der Waals surface area contributed by atoms with Crippen LogP contribution in [0, 0.1) is 0 Å². The molecule has 0 heterocycles.